The number of rotatable bonds is 8. The largest absolute Gasteiger partial charge is 0.491 e. The van der Waals surface area contributed by atoms with Crippen molar-refractivity contribution >= 4 is 0 Å². The van der Waals surface area contributed by atoms with E-state index in [2.05, 4.69) is 50.2 Å². The Balaban J connectivity index is 1.22. The van der Waals surface area contributed by atoms with Gasteiger partial charge in [0.25, 0.3) is 0 Å². The van der Waals surface area contributed by atoms with Crippen molar-refractivity contribution in [2.75, 3.05) is 26.4 Å². The maximum Gasteiger partial charge on any atom is 0.122 e. The fourth-order valence-electron chi connectivity index (χ4n) is 7.89. The fraction of sp³-hybridized carbons (Fsp3) is 0.600. The summed E-state index contributed by atoms with van der Waals surface area (Å²) in [6.45, 7) is 7.42. The van der Waals surface area contributed by atoms with Gasteiger partial charge in [0, 0.05) is 5.41 Å². The van der Waals surface area contributed by atoms with Crippen LogP contribution < -0.4 is 9.47 Å². The highest BCUT2D eigenvalue weighted by atomic mass is 16.6. The van der Waals surface area contributed by atoms with E-state index in [9.17, 15) is 0 Å². The van der Waals surface area contributed by atoms with Crippen LogP contribution in [-0.2, 0) is 14.9 Å². The van der Waals surface area contributed by atoms with Gasteiger partial charge in [-0.2, -0.15) is 0 Å². The van der Waals surface area contributed by atoms with Crippen LogP contribution in [0.1, 0.15) is 60.3 Å². The zero-order chi connectivity index (χ0) is 22.9. The molecule has 180 valence electrons. The maximum absolute atomic E-state index is 6.07. The molecule has 6 aliphatic rings. The third kappa shape index (κ3) is 3.74. The van der Waals surface area contributed by atoms with Gasteiger partial charge < -0.3 is 18.9 Å². The molecule has 2 heterocycles. The molecule has 0 spiro atoms. The number of aryl methyl sites for hydroxylation is 2. The molecule has 0 N–H and O–H groups in total. The van der Waals surface area contributed by atoms with E-state index in [0.29, 0.717) is 31.3 Å². The van der Waals surface area contributed by atoms with Crippen LogP contribution in [0, 0.1) is 31.6 Å². The second kappa shape index (κ2) is 7.99. The van der Waals surface area contributed by atoms with Gasteiger partial charge in [-0.15, -0.1) is 0 Å². The molecule has 0 amide bonds. The molecule has 4 nitrogen and oxygen atoms in total. The first-order valence-electron chi connectivity index (χ1n) is 13.3. The van der Waals surface area contributed by atoms with Gasteiger partial charge in [0.2, 0.25) is 0 Å². The average Bonchev–Trinajstić information content (AvgIpc) is 3.72. The van der Waals surface area contributed by atoms with Gasteiger partial charge in [0.1, 0.15) is 36.9 Å². The van der Waals surface area contributed by atoms with Crippen molar-refractivity contribution in [2.24, 2.45) is 17.8 Å². The van der Waals surface area contributed by atoms with E-state index in [0.717, 1.165) is 42.5 Å². The highest BCUT2D eigenvalue weighted by molar-refractivity contribution is 5.46. The van der Waals surface area contributed by atoms with Gasteiger partial charge in [0.15, 0.2) is 0 Å². The highest BCUT2D eigenvalue weighted by Gasteiger charge is 2.58. The lowest BCUT2D eigenvalue weighted by Gasteiger charge is -2.62. The third-order valence-electron chi connectivity index (χ3n) is 9.27. The van der Waals surface area contributed by atoms with E-state index in [4.69, 9.17) is 18.9 Å². The second-order valence-electron chi connectivity index (χ2n) is 11.8. The minimum Gasteiger partial charge on any atom is -0.491 e. The summed E-state index contributed by atoms with van der Waals surface area (Å²) in [5, 5.41) is 0. The molecule has 2 aromatic carbocycles. The lowest BCUT2D eigenvalue weighted by Crippen LogP contribution is -2.53. The zero-order valence-electron chi connectivity index (χ0n) is 20.4. The van der Waals surface area contributed by atoms with E-state index < -0.39 is 0 Å². The number of benzene rings is 2. The summed E-state index contributed by atoms with van der Waals surface area (Å²) in [6.07, 6.45) is 7.49. The Kier molecular flexibility index (Phi) is 5.00. The lowest BCUT2D eigenvalue weighted by atomic mass is 9.42. The van der Waals surface area contributed by atoms with Crippen LogP contribution >= 0.6 is 0 Å². The molecule has 4 aliphatic carbocycles. The molecule has 6 fully saturated rings. The van der Waals surface area contributed by atoms with Crippen LogP contribution in [0.5, 0.6) is 11.5 Å². The molecule has 5 unspecified atom stereocenters. The highest BCUT2D eigenvalue weighted by Crippen LogP contribution is 2.66. The van der Waals surface area contributed by atoms with E-state index in [1.807, 2.05) is 0 Å². The summed E-state index contributed by atoms with van der Waals surface area (Å²) in [6, 6.07) is 14.1. The normalized spacial score (nSPS) is 37.0. The summed E-state index contributed by atoms with van der Waals surface area (Å²) in [5.74, 6) is 5.18. The number of hydrogen-bond donors (Lipinski definition) is 0. The molecule has 0 radical (unpaired) electrons. The van der Waals surface area contributed by atoms with E-state index in [1.54, 1.807) is 0 Å². The Morgan fingerprint density at radius 1 is 0.794 bits per heavy atom. The molecule has 2 aromatic rings. The molecule has 2 saturated heterocycles. The molecular weight excluding hydrogens is 424 g/mol. The predicted molar refractivity (Wildman–Crippen MR) is 131 cm³/mol. The fourth-order valence-corrected chi connectivity index (χ4v) is 7.89. The van der Waals surface area contributed by atoms with Crippen molar-refractivity contribution in [3.8, 4) is 11.5 Å². The monoisotopic (exact) mass is 460 g/mol. The van der Waals surface area contributed by atoms with Crippen molar-refractivity contribution in [3.05, 3.63) is 58.7 Å². The molecule has 4 bridgehead atoms. The van der Waals surface area contributed by atoms with Gasteiger partial charge in [-0.25, -0.2) is 0 Å². The first-order valence-corrected chi connectivity index (χ1v) is 13.3. The minimum absolute atomic E-state index is 0.244. The van der Waals surface area contributed by atoms with Crippen LogP contribution in [0.25, 0.3) is 0 Å². The summed E-state index contributed by atoms with van der Waals surface area (Å²) >= 11 is 0. The topological polar surface area (TPSA) is 43.5 Å². The first-order chi connectivity index (χ1) is 16.6. The average molecular weight is 461 g/mol. The van der Waals surface area contributed by atoms with Crippen molar-refractivity contribution in [2.45, 2.75) is 69.5 Å². The SMILES string of the molecule is Cc1cc(C2C3CC4CC(C3)CC2(c2ccc(OCC3CO3)c(C)c2)C4)ccc1OCC1CO1. The Morgan fingerprint density at radius 2 is 1.38 bits per heavy atom. The molecule has 8 rings (SSSR count). The molecule has 4 saturated carbocycles. The number of ether oxygens (including phenoxy) is 4. The quantitative estimate of drug-likeness (QED) is 0.473. The van der Waals surface area contributed by atoms with Crippen LogP contribution in [0.4, 0.5) is 0 Å². The van der Waals surface area contributed by atoms with E-state index in [-0.39, 0.29) is 5.41 Å². The third-order valence-corrected chi connectivity index (χ3v) is 9.27. The summed E-state index contributed by atoms with van der Waals surface area (Å²) in [5.41, 5.74) is 5.81. The first kappa shape index (κ1) is 21.3. The van der Waals surface area contributed by atoms with Crippen LogP contribution in [0.15, 0.2) is 36.4 Å². The number of hydrogen-bond acceptors (Lipinski definition) is 4. The van der Waals surface area contributed by atoms with Crippen molar-refractivity contribution in [1.82, 2.24) is 0 Å². The minimum atomic E-state index is 0.244. The van der Waals surface area contributed by atoms with Crippen LogP contribution in [-0.4, -0.2) is 38.6 Å². The maximum atomic E-state index is 6.07. The summed E-state index contributed by atoms with van der Waals surface area (Å²) in [7, 11) is 0. The standard InChI is InChI=1S/C30H36O4/c1-18-7-22(3-5-27(18)33-16-25-14-31-25)29-23-10-20-9-21(11-23)13-30(29,12-20)24-4-6-28(19(2)8-24)34-17-26-15-32-26/h3-8,20-21,23,25-26,29H,9-17H2,1-2H3. The van der Waals surface area contributed by atoms with Gasteiger partial charge in [0.05, 0.1) is 13.2 Å². The van der Waals surface area contributed by atoms with Crippen molar-refractivity contribution < 1.29 is 18.9 Å². The smallest absolute Gasteiger partial charge is 0.122 e. The van der Waals surface area contributed by atoms with Gasteiger partial charge in [-0.1, -0.05) is 24.3 Å². The Labute approximate surface area is 202 Å². The molecule has 4 heteroatoms. The van der Waals surface area contributed by atoms with Gasteiger partial charge >= 0.3 is 0 Å². The predicted octanol–water partition coefficient (Wildman–Crippen LogP) is 5.72. The number of epoxide rings is 2. The zero-order valence-corrected chi connectivity index (χ0v) is 20.4. The van der Waals surface area contributed by atoms with Gasteiger partial charge in [-0.05, 0) is 104 Å². The molecule has 2 aliphatic heterocycles. The Morgan fingerprint density at radius 3 is 1.94 bits per heavy atom. The molecule has 5 atom stereocenters. The molecule has 0 aromatic heterocycles. The van der Waals surface area contributed by atoms with Gasteiger partial charge in [-0.3, -0.25) is 0 Å². The molecule has 34 heavy (non-hydrogen) atoms. The Hall–Kier alpha value is -2.04. The summed E-state index contributed by atoms with van der Waals surface area (Å²) < 4.78 is 22.8. The summed E-state index contributed by atoms with van der Waals surface area (Å²) in [4.78, 5) is 0. The second-order valence-corrected chi connectivity index (χ2v) is 11.8. The molecular formula is C30H36O4. The Bertz CT molecular complexity index is 1070. The van der Waals surface area contributed by atoms with E-state index in [1.165, 1.54) is 54.4 Å². The van der Waals surface area contributed by atoms with E-state index >= 15 is 0 Å². The van der Waals surface area contributed by atoms with Crippen molar-refractivity contribution in [1.29, 1.82) is 0 Å². The van der Waals surface area contributed by atoms with Crippen molar-refractivity contribution in [3.63, 3.8) is 0 Å². The van der Waals surface area contributed by atoms with Crippen LogP contribution in [0.2, 0.25) is 0 Å². The lowest BCUT2D eigenvalue weighted by molar-refractivity contribution is -0.0281. The van der Waals surface area contributed by atoms with Crippen LogP contribution in [0.3, 0.4) is 0 Å².